The van der Waals surface area contributed by atoms with Gasteiger partial charge in [0, 0.05) is 0 Å². The first-order valence-corrected chi connectivity index (χ1v) is 9.21. The molecule has 0 nitrogen and oxygen atoms in total. The van der Waals surface area contributed by atoms with Gasteiger partial charge in [0.2, 0.25) is 0 Å². The maximum Gasteiger partial charge on any atom is -0.00127 e. The summed E-state index contributed by atoms with van der Waals surface area (Å²) in [5.41, 5.74) is 3.44. The van der Waals surface area contributed by atoms with Crippen molar-refractivity contribution in [2.75, 3.05) is 0 Å². The zero-order chi connectivity index (χ0) is 14.5. The van der Waals surface area contributed by atoms with E-state index in [0.717, 1.165) is 27.5 Å². The van der Waals surface area contributed by atoms with E-state index in [2.05, 4.69) is 49.1 Å². The molecule has 0 fully saturated rings. The molecule has 1 aromatic heterocycles. The van der Waals surface area contributed by atoms with Crippen molar-refractivity contribution >= 4 is 8.19 Å². The fourth-order valence-corrected chi connectivity index (χ4v) is 5.17. The van der Waals surface area contributed by atoms with Crippen LogP contribution < -0.4 is 0 Å². The Balaban J connectivity index is 1.66. The van der Waals surface area contributed by atoms with Gasteiger partial charge in [0.15, 0.2) is 0 Å². The van der Waals surface area contributed by atoms with Crippen molar-refractivity contribution in [3.05, 3.63) is 70.8 Å². The van der Waals surface area contributed by atoms with Gasteiger partial charge in [-0.15, -0.1) is 14.8 Å². The van der Waals surface area contributed by atoms with E-state index in [-0.39, 0.29) is 0 Å². The lowest BCUT2D eigenvalue weighted by Crippen LogP contribution is -2.03. The molecule has 0 radical (unpaired) electrons. The highest BCUT2D eigenvalue weighted by atomic mass is 31.0. The van der Waals surface area contributed by atoms with Gasteiger partial charge in [0.25, 0.3) is 0 Å². The van der Waals surface area contributed by atoms with Gasteiger partial charge in [-0.2, -0.15) is 0 Å². The topological polar surface area (TPSA) is 0 Å². The smallest absolute Gasteiger partial charge is 0.00127 e. The minimum atomic E-state index is 0.629. The number of hydrogen-bond acceptors (Lipinski definition) is 0. The quantitative estimate of drug-likeness (QED) is 0.603. The largest absolute Gasteiger partial charge is 0.132 e. The third-order valence-electron chi connectivity index (χ3n) is 4.57. The van der Waals surface area contributed by atoms with Crippen molar-refractivity contribution in [3.63, 3.8) is 0 Å². The lowest BCUT2D eigenvalue weighted by atomic mass is 9.91. The normalized spacial score (nSPS) is 18.1. The highest BCUT2D eigenvalue weighted by Gasteiger charge is 2.18. The number of rotatable bonds is 6. The molecular formula is C20H25P. The third-order valence-corrected chi connectivity index (χ3v) is 6.19. The van der Waals surface area contributed by atoms with Crippen LogP contribution >= 0.6 is 8.19 Å². The van der Waals surface area contributed by atoms with Gasteiger partial charge in [-0.05, 0) is 72.6 Å². The molecule has 0 saturated heterocycles. The predicted molar refractivity (Wildman–Crippen MR) is 95.7 cm³/mol. The van der Waals surface area contributed by atoms with Crippen LogP contribution in [0, 0.1) is 5.92 Å². The zero-order valence-corrected chi connectivity index (χ0v) is 13.8. The molecule has 0 amide bonds. The summed E-state index contributed by atoms with van der Waals surface area (Å²) in [5, 5.41) is 3.40. The Morgan fingerprint density at radius 2 is 1.67 bits per heavy atom. The van der Waals surface area contributed by atoms with E-state index < -0.39 is 0 Å². The Morgan fingerprint density at radius 3 is 2.33 bits per heavy atom. The molecule has 0 spiro atoms. The molecule has 21 heavy (non-hydrogen) atoms. The molecule has 0 aromatic carbocycles. The van der Waals surface area contributed by atoms with E-state index in [1.165, 1.54) is 25.7 Å². The van der Waals surface area contributed by atoms with Crippen LogP contribution in [0.4, 0.5) is 0 Å². The van der Waals surface area contributed by atoms with Crippen LogP contribution in [-0.4, -0.2) is 0 Å². The monoisotopic (exact) mass is 296 g/mol. The first-order valence-electron chi connectivity index (χ1n) is 8.21. The number of hydrogen-bond donors (Lipinski definition) is 0. The number of fused-ring (bicyclic) bond motifs is 1. The third kappa shape index (κ3) is 3.50. The summed E-state index contributed by atoms with van der Waals surface area (Å²) in [6, 6.07) is 0. The van der Waals surface area contributed by atoms with E-state index in [9.17, 15) is 0 Å². The molecule has 1 unspecified atom stereocenters. The van der Waals surface area contributed by atoms with Gasteiger partial charge in [-0.3, -0.25) is 0 Å². The molecular weight excluding hydrogens is 271 g/mol. The highest BCUT2D eigenvalue weighted by molar-refractivity contribution is 7.32. The van der Waals surface area contributed by atoms with Gasteiger partial charge in [0.05, 0.1) is 0 Å². The minimum Gasteiger partial charge on any atom is -0.132 e. The molecule has 0 saturated carbocycles. The lowest BCUT2D eigenvalue weighted by molar-refractivity contribution is 0.682. The van der Waals surface area contributed by atoms with Crippen molar-refractivity contribution < 1.29 is 0 Å². The van der Waals surface area contributed by atoms with Crippen LogP contribution in [-0.2, 0) is 25.7 Å². The Hall–Kier alpha value is -1.26. The lowest BCUT2D eigenvalue weighted by Gasteiger charge is -2.14. The van der Waals surface area contributed by atoms with Crippen LogP contribution in [0.1, 0.15) is 41.0 Å². The van der Waals surface area contributed by atoms with Crippen LogP contribution in [0.2, 0.25) is 0 Å². The fraction of sp³-hybridized carbons (Fsp3) is 0.400. The molecule has 110 valence electrons. The SMILES string of the molecule is C=CCc1[pH]c(C/C=C/CC2C=CC=C2)c2c1CCCC2. The molecule has 3 rings (SSSR count). The molecule has 2 aliphatic rings. The van der Waals surface area contributed by atoms with Crippen molar-refractivity contribution in [2.45, 2.75) is 44.9 Å². The first-order chi connectivity index (χ1) is 10.4. The van der Waals surface area contributed by atoms with Crippen molar-refractivity contribution in [1.82, 2.24) is 0 Å². The summed E-state index contributed by atoms with van der Waals surface area (Å²) in [4.78, 5) is 0. The molecule has 1 heteroatoms. The minimum absolute atomic E-state index is 0.629. The Morgan fingerprint density at radius 1 is 1.00 bits per heavy atom. The van der Waals surface area contributed by atoms with E-state index >= 15 is 0 Å². The predicted octanol–water partition coefficient (Wildman–Crippen LogP) is 5.56. The standard InChI is InChI=1S/C20H25P/c1-2-9-19-17-13-6-7-14-18(17)20(21-19)15-8-5-12-16-10-3-4-11-16/h2-5,8,10-11,16,21H,1,6-7,9,12-15H2/b8-5+. The Bertz CT molecular complexity index is 571. The van der Waals surface area contributed by atoms with Crippen molar-refractivity contribution in [3.8, 4) is 0 Å². The van der Waals surface area contributed by atoms with E-state index in [1.54, 1.807) is 21.7 Å². The summed E-state index contributed by atoms with van der Waals surface area (Å²) in [5.74, 6) is 0.629. The average Bonchev–Trinajstić information content (AvgIpc) is 3.13. The van der Waals surface area contributed by atoms with Gasteiger partial charge >= 0.3 is 0 Å². The molecule has 1 heterocycles. The van der Waals surface area contributed by atoms with Crippen LogP contribution in [0.3, 0.4) is 0 Å². The van der Waals surface area contributed by atoms with Crippen LogP contribution in [0.15, 0.2) is 49.1 Å². The van der Waals surface area contributed by atoms with Gasteiger partial charge < -0.3 is 0 Å². The maximum atomic E-state index is 3.93. The Labute approximate surface area is 130 Å². The molecule has 0 N–H and O–H groups in total. The molecule has 0 bridgehead atoms. The fourth-order valence-electron chi connectivity index (χ4n) is 3.49. The average molecular weight is 296 g/mol. The molecule has 1 aromatic rings. The molecule has 1 atom stereocenters. The summed E-state index contributed by atoms with van der Waals surface area (Å²) in [7, 11) is 0.939. The maximum absolute atomic E-state index is 3.93. The second kappa shape index (κ2) is 7.14. The zero-order valence-electron chi connectivity index (χ0n) is 12.8. The summed E-state index contributed by atoms with van der Waals surface area (Å²) in [6.07, 6.45) is 24.5. The van der Waals surface area contributed by atoms with Crippen molar-refractivity contribution in [2.24, 2.45) is 5.92 Å². The first kappa shape index (κ1) is 14.7. The second-order valence-corrected chi connectivity index (χ2v) is 7.54. The molecule has 2 aliphatic carbocycles. The summed E-state index contributed by atoms with van der Waals surface area (Å²) in [6.45, 7) is 3.93. The van der Waals surface area contributed by atoms with E-state index in [1.807, 2.05) is 0 Å². The second-order valence-electron chi connectivity index (χ2n) is 6.08. The molecule has 0 aliphatic heterocycles. The van der Waals surface area contributed by atoms with E-state index in [0.29, 0.717) is 5.92 Å². The van der Waals surface area contributed by atoms with Gasteiger partial charge in [0.1, 0.15) is 0 Å². The van der Waals surface area contributed by atoms with E-state index in [4.69, 9.17) is 0 Å². The Kier molecular flexibility index (Phi) is 4.99. The van der Waals surface area contributed by atoms with Gasteiger partial charge in [-0.1, -0.05) is 42.5 Å². The highest BCUT2D eigenvalue weighted by Crippen LogP contribution is 2.38. The van der Waals surface area contributed by atoms with Crippen LogP contribution in [0.5, 0.6) is 0 Å². The van der Waals surface area contributed by atoms with Crippen molar-refractivity contribution in [1.29, 1.82) is 0 Å². The van der Waals surface area contributed by atoms with Crippen LogP contribution in [0.25, 0.3) is 0 Å². The summed E-state index contributed by atoms with van der Waals surface area (Å²) < 4.78 is 0. The number of allylic oxidation sites excluding steroid dienone is 7. The van der Waals surface area contributed by atoms with Gasteiger partial charge in [-0.25, -0.2) is 0 Å². The summed E-state index contributed by atoms with van der Waals surface area (Å²) >= 11 is 0.